The third kappa shape index (κ3) is 1.61. The first kappa shape index (κ1) is 9.16. The summed E-state index contributed by atoms with van der Waals surface area (Å²) in [6, 6.07) is 5.97. The lowest BCUT2D eigenvalue weighted by Gasteiger charge is -2.03. The summed E-state index contributed by atoms with van der Waals surface area (Å²) in [5.74, 6) is 1.51. The second-order valence-corrected chi connectivity index (χ2v) is 5.47. The molecule has 3 heteroatoms. The first-order valence-corrected chi connectivity index (χ1v) is 6.21. The summed E-state index contributed by atoms with van der Waals surface area (Å²) in [6.07, 6.45) is 2.75. The minimum Gasteiger partial charge on any atom is -0.399 e. The fourth-order valence-electron chi connectivity index (χ4n) is 1.95. The van der Waals surface area contributed by atoms with E-state index in [9.17, 15) is 0 Å². The van der Waals surface area contributed by atoms with E-state index in [1.807, 2.05) is 18.2 Å². The second-order valence-electron chi connectivity index (χ2n) is 4.41. The third-order valence-corrected chi connectivity index (χ3v) is 4.37. The molecule has 1 aliphatic carbocycles. The normalized spacial score (nSPS) is 18.2. The predicted molar refractivity (Wildman–Crippen MR) is 65.2 cm³/mol. The summed E-state index contributed by atoms with van der Waals surface area (Å²) in [4.78, 5) is 4.68. The Labute approximate surface area is 93.1 Å². The van der Waals surface area contributed by atoms with Gasteiger partial charge in [-0.3, -0.25) is 0 Å². The van der Waals surface area contributed by atoms with Crippen molar-refractivity contribution in [3.05, 3.63) is 23.2 Å². The van der Waals surface area contributed by atoms with Crippen molar-refractivity contribution in [1.82, 2.24) is 4.98 Å². The Morgan fingerprint density at radius 2 is 2.27 bits per heavy atom. The number of nitrogens with two attached hydrogens (primary N) is 1. The average Bonchev–Trinajstić information content (AvgIpc) is 2.97. The lowest BCUT2D eigenvalue weighted by molar-refractivity contribution is 0.660. The molecule has 78 valence electrons. The smallest absolute Gasteiger partial charge is 0.0969 e. The van der Waals surface area contributed by atoms with Gasteiger partial charge in [-0.1, -0.05) is 6.92 Å². The van der Waals surface area contributed by atoms with Crippen molar-refractivity contribution in [2.75, 3.05) is 5.73 Å². The first-order chi connectivity index (χ1) is 7.24. The molecule has 2 N–H and O–H groups in total. The molecule has 2 nitrogen and oxygen atoms in total. The maximum Gasteiger partial charge on any atom is 0.0969 e. The number of thiazole rings is 1. The van der Waals surface area contributed by atoms with Gasteiger partial charge in [0.1, 0.15) is 0 Å². The molecule has 1 unspecified atom stereocenters. The van der Waals surface area contributed by atoms with Crippen molar-refractivity contribution in [1.29, 1.82) is 0 Å². The van der Waals surface area contributed by atoms with Gasteiger partial charge in [0.2, 0.25) is 0 Å². The summed E-state index contributed by atoms with van der Waals surface area (Å²) in [5.41, 5.74) is 7.68. The lowest BCUT2D eigenvalue weighted by Crippen LogP contribution is -1.93. The van der Waals surface area contributed by atoms with Gasteiger partial charge in [-0.25, -0.2) is 4.98 Å². The minimum atomic E-state index is 0.628. The maximum absolute atomic E-state index is 5.76. The van der Waals surface area contributed by atoms with Crippen LogP contribution in [0.2, 0.25) is 0 Å². The quantitative estimate of drug-likeness (QED) is 0.785. The number of nitrogens with zero attached hydrogens (tertiary/aromatic N) is 1. The van der Waals surface area contributed by atoms with Gasteiger partial charge in [-0.15, -0.1) is 11.3 Å². The fourth-order valence-corrected chi connectivity index (χ4v) is 3.11. The third-order valence-electron chi connectivity index (χ3n) is 3.15. The van der Waals surface area contributed by atoms with E-state index in [4.69, 9.17) is 5.73 Å². The van der Waals surface area contributed by atoms with E-state index < -0.39 is 0 Å². The van der Waals surface area contributed by atoms with E-state index in [1.165, 1.54) is 22.5 Å². The average molecular weight is 218 g/mol. The van der Waals surface area contributed by atoms with E-state index in [0.29, 0.717) is 5.92 Å². The summed E-state index contributed by atoms with van der Waals surface area (Å²) < 4.78 is 1.22. The number of nitrogen functional groups attached to an aromatic ring is 1. The van der Waals surface area contributed by atoms with Crippen molar-refractivity contribution in [2.24, 2.45) is 5.92 Å². The Hall–Kier alpha value is -1.09. The van der Waals surface area contributed by atoms with Gasteiger partial charge < -0.3 is 5.73 Å². The van der Waals surface area contributed by atoms with Gasteiger partial charge in [-0.2, -0.15) is 0 Å². The highest BCUT2D eigenvalue weighted by atomic mass is 32.1. The molecular formula is C12H14N2S. The van der Waals surface area contributed by atoms with Crippen molar-refractivity contribution < 1.29 is 0 Å². The molecule has 1 atom stereocenters. The SMILES string of the molecule is CC(c1nc2ccc(N)cc2s1)C1CC1. The van der Waals surface area contributed by atoms with Crippen LogP contribution in [0, 0.1) is 5.92 Å². The molecule has 1 saturated carbocycles. The van der Waals surface area contributed by atoms with Gasteiger partial charge >= 0.3 is 0 Å². The molecule has 0 radical (unpaired) electrons. The van der Waals surface area contributed by atoms with Crippen LogP contribution in [0.5, 0.6) is 0 Å². The number of aromatic nitrogens is 1. The molecule has 1 fully saturated rings. The topological polar surface area (TPSA) is 38.9 Å². The van der Waals surface area contributed by atoms with E-state index in [0.717, 1.165) is 17.1 Å². The van der Waals surface area contributed by atoms with Gasteiger partial charge in [0.05, 0.1) is 15.2 Å². The molecule has 15 heavy (non-hydrogen) atoms. The number of hydrogen-bond donors (Lipinski definition) is 1. The van der Waals surface area contributed by atoms with Crippen LogP contribution in [0.1, 0.15) is 30.7 Å². The standard InChI is InChI=1S/C12H14N2S/c1-7(8-2-3-8)12-14-10-5-4-9(13)6-11(10)15-12/h4-8H,2-3,13H2,1H3. The van der Waals surface area contributed by atoms with E-state index >= 15 is 0 Å². The number of fused-ring (bicyclic) bond motifs is 1. The van der Waals surface area contributed by atoms with E-state index in [1.54, 1.807) is 11.3 Å². The lowest BCUT2D eigenvalue weighted by atomic mass is 10.1. The number of benzene rings is 1. The molecule has 2 aromatic rings. The summed E-state index contributed by atoms with van der Waals surface area (Å²) >= 11 is 1.80. The van der Waals surface area contributed by atoms with Gasteiger partial charge in [0.15, 0.2) is 0 Å². The Morgan fingerprint density at radius 1 is 1.47 bits per heavy atom. The zero-order valence-corrected chi connectivity index (χ0v) is 9.55. The van der Waals surface area contributed by atoms with Gasteiger partial charge in [-0.05, 0) is 37.0 Å². The molecule has 0 spiro atoms. The maximum atomic E-state index is 5.76. The number of anilines is 1. The molecule has 3 rings (SSSR count). The fraction of sp³-hybridized carbons (Fsp3) is 0.417. The molecular weight excluding hydrogens is 204 g/mol. The van der Waals surface area contributed by atoms with Crippen LogP contribution in [0.15, 0.2) is 18.2 Å². The van der Waals surface area contributed by atoms with Crippen LogP contribution in [-0.4, -0.2) is 4.98 Å². The second kappa shape index (κ2) is 3.20. The Balaban J connectivity index is 2.05. The minimum absolute atomic E-state index is 0.628. The molecule has 0 bridgehead atoms. The van der Waals surface area contributed by atoms with Gasteiger partial charge in [0, 0.05) is 11.6 Å². The highest BCUT2D eigenvalue weighted by Gasteiger charge is 2.30. The summed E-state index contributed by atoms with van der Waals surface area (Å²) in [7, 11) is 0. The van der Waals surface area contributed by atoms with E-state index in [2.05, 4.69) is 11.9 Å². The number of hydrogen-bond acceptors (Lipinski definition) is 3. The zero-order valence-electron chi connectivity index (χ0n) is 8.73. The highest BCUT2D eigenvalue weighted by molar-refractivity contribution is 7.18. The van der Waals surface area contributed by atoms with E-state index in [-0.39, 0.29) is 0 Å². The summed E-state index contributed by atoms with van der Waals surface area (Å²) in [6.45, 7) is 2.29. The highest BCUT2D eigenvalue weighted by Crippen LogP contribution is 2.44. The monoisotopic (exact) mass is 218 g/mol. The molecule has 1 aromatic carbocycles. The van der Waals surface area contributed by atoms with Crippen LogP contribution in [0.25, 0.3) is 10.2 Å². The molecule has 0 aliphatic heterocycles. The molecule has 1 aliphatic rings. The van der Waals surface area contributed by atoms with Crippen LogP contribution in [0.3, 0.4) is 0 Å². The summed E-state index contributed by atoms with van der Waals surface area (Å²) in [5, 5.41) is 1.28. The van der Waals surface area contributed by atoms with Crippen LogP contribution in [-0.2, 0) is 0 Å². The number of rotatable bonds is 2. The molecule has 0 amide bonds. The molecule has 1 heterocycles. The Bertz CT molecular complexity index is 499. The van der Waals surface area contributed by atoms with Crippen molar-refractivity contribution >= 4 is 27.2 Å². The van der Waals surface area contributed by atoms with Crippen molar-refractivity contribution in [3.8, 4) is 0 Å². The largest absolute Gasteiger partial charge is 0.399 e. The van der Waals surface area contributed by atoms with Crippen LogP contribution in [0.4, 0.5) is 5.69 Å². The predicted octanol–water partition coefficient (Wildman–Crippen LogP) is 3.39. The first-order valence-electron chi connectivity index (χ1n) is 5.40. The molecule has 0 saturated heterocycles. The Morgan fingerprint density at radius 3 is 3.00 bits per heavy atom. The van der Waals surface area contributed by atoms with Crippen molar-refractivity contribution in [3.63, 3.8) is 0 Å². The van der Waals surface area contributed by atoms with Gasteiger partial charge in [0.25, 0.3) is 0 Å². The van der Waals surface area contributed by atoms with Crippen LogP contribution >= 0.6 is 11.3 Å². The van der Waals surface area contributed by atoms with Crippen molar-refractivity contribution in [2.45, 2.75) is 25.7 Å². The molecule has 1 aromatic heterocycles. The van der Waals surface area contributed by atoms with Crippen LogP contribution < -0.4 is 5.73 Å². The Kier molecular flexibility index (Phi) is 1.96. The zero-order chi connectivity index (χ0) is 10.4.